The van der Waals surface area contributed by atoms with Crippen molar-refractivity contribution in [3.05, 3.63) is 65.2 Å². The quantitative estimate of drug-likeness (QED) is 0.392. The van der Waals surface area contributed by atoms with Crippen molar-refractivity contribution in [2.24, 2.45) is 0 Å². The van der Waals surface area contributed by atoms with Gasteiger partial charge in [-0.2, -0.15) is 0 Å². The second-order valence-electron chi connectivity index (χ2n) is 7.92. The molecule has 2 saturated heterocycles. The van der Waals surface area contributed by atoms with Gasteiger partial charge in [0.2, 0.25) is 0 Å². The number of morpholine rings is 1. The first kappa shape index (κ1) is 22.8. The van der Waals surface area contributed by atoms with Crippen LogP contribution < -0.4 is 9.47 Å². The third kappa shape index (κ3) is 4.58. The van der Waals surface area contributed by atoms with E-state index in [0.29, 0.717) is 48.9 Å². The first-order valence-electron chi connectivity index (χ1n) is 10.9. The fourth-order valence-corrected chi connectivity index (χ4v) is 4.30. The van der Waals surface area contributed by atoms with E-state index in [2.05, 4.69) is 4.90 Å². The Morgan fingerprint density at radius 2 is 1.76 bits per heavy atom. The number of hydrogen-bond acceptors (Lipinski definition) is 7. The van der Waals surface area contributed by atoms with Gasteiger partial charge in [-0.05, 0) is 12.1 Å². The summed E-state index contributed by atoms with van der Waals surface area (Å²) in [6.45, 7) is 3.74. The lowest BCUT2D eigenvalue weighted by Crippen LogP contribution is -2.42. The van der Waals surface area contributed by atoms with E-state index in [9.17, 15) is 14.7 Å². The van der Waals surface area contributed by atoms with Crippen LogP contribution in [0.3, 0.4) is 0 Å². The molecule has 4 rings (SSSR count). The molecule has 2 fully saturated rings. The number of rotatable bonds is 7. The molecule has 2 heterocycles. The molecule has 0 aromatic heterocycles. The third-order valence-electron chi connectivity index (χ3n) is 6.08. The molecule has 0 bridgehead atoms. The van der Waals surface area contributed by atoms with Crippen molar-refractivity contribution >= 4 is 17.4 Å². The number of benzene rings is 2. The molecule has 0 radical (unpaired) electrons. The maximum absolute atomic E-state index is 13.2. The van der Waals surface area contributed by atoms with Gasteiger partial charge in [-0.25, -0.2) is 0 Å². The summed E-state index contributed by atoms with van der Waals surface area (Å²) in [6.07, 6.45) is 0. The Bertz CT molecular complexity index is 1050. The molecule has 8 heteroatoms. The summed E-state index contributed by atoms with van der Waals surface area (Å²) in [5.74, 6) is -0.490. The molecule has 174 valence electrons. The number of carbonyl (C=O) groups is 2. The minimum Gasteiger partial charge on any atom is -0.507 e. The Balaban J connectivity index is 1.79. The summed E-state index contributed by atoms with van der Waals surface area (Å²) >= 11 is 0. The number of aliphatic hydroxyl groups is 1. The highest BCUT2D eigenvalue weighted by molar-refractivity contribution is 6.46. The molecule has 0 unspecified atom stereocenters. The molecule has 1 N–H and O–H groups in total. The van der Waals surface area contributed by atoms with E-state index >= 15 is 0 Å². The molecular weight excluding hydrogens is 424 g/mol. The van der Waals surface area contributed by atoms with Crippen molar-refractivity contribution < 1.29 is 28.9 Å². The van der Waals surface area contributed by atoms with Gasteiger partial charge in [0.25, 0.3) is 11.7 Å². The SMILES string of the molecule is COc1ccc([C@@H]2/C(=C(/O)c3ccccc3)C(=O)C(=O)N2CCN2CCOCC2)c(OC)c1. The van der Waals surface area contributed by atoms with Gasteiger partial charge in [-0.3, -0.25) is 14.5 Å². The summed E-state index contributed by atoms with van der Waals surface area (Å²) in [5.41, 5.74) is 1.13. The van der Waals surface area contributed by atoms with Gasteiger partial charge >= 0.3 is 0 Å². The Hall–Kier alpha value is -3.36. The number of hydrogen-bond donors (Lipinski definition) is 1. The van der Waals surface area contributed by atoms with E-state index in [1.54, 1.807) is 49.6 Å². The van der Waals surface area contributed by atoms with E-state index in [1.807, 2.05) is 6.07 Å². The molecule has 0 aliphatic carbocycles. The van der Waals surface area contributed by atoms with E-state index in [-0.39, 0.29) is 11.3 Å². The highest BCUT2D eigenvalue weighted by atomic mass is 16.5. The fraction of sp³-hybridized carbons (Fsp3) is 0.360. The molecule has 33 heavy (non-hydrogen) atoms. The zero-order valence-electron chi connectivity index (χ0n) is 18.8. The van der Waals surface area contributed by atoms with Gasteiger partial charge in [0.05, 0.1) is 39.0 Å². The van der Waals surface area contributed by atoms with Gasteiger partial charge in [0.1, 0.15) is 17.3 Å². The molecule has 2 aliphatic heterocycles. The molecule has 8 nitrogen and oxygen atoms in total. The first-order chi connectivity index (χ1) is 16.0. The summed E-state index contributed by atoms with van der Waals surface area (Å²) in [6, 6.07) is 13.2. The van der Waals surface area contributed by atoms with Crippen LogP contribution in [0.25, 0.3) is 5.76 Å². The van der Waals surface area contributed by atoms with E-state index < -0.39 is 17.7 Å². The Kier molecular flexibility index (Phi) is 6.96. The van der Waals surface area contributed by atoms with Crippen LogP contribution in [0.1, 0.15) is 17.2 Å². The van der Waals surface area contributed by atoms with Crippen molar-refractivity contribution in [3.8, 4) is 11.5 Å². The predicted molar refractivity (Wildman–Crippen MR) is 122 cm³/mol. The topological polar surface area (TPSA) is 88.5 Å². The number of carbonyl (C=O) groups excluding carboxylic acids is 2. The molecule has 1 amide bonds. The van der Waals surface area contributed by atoms with Crippen molar-refractivity contribution in [2.75, 3.05) is 53.6 Å². The van der Waals surface area contributed by atoms with Gasteiger partial charge in [0, 0.05) is 43.4 Å². The average molecular weight is 453 g/mol. The zero-order chi connectivity index (χ0) is 23.4. The highest BCUT2D eigenvalue weighted by Crippen LogP contribution is 2.43. The van der Waals surface area contributed by atoms with Crippen molar-refractivity contribution in [1.29, 1.82) is 0 Å². The average Bonchev–Trinajstić information content (AvgIpc) is 3.12. The number of likely N-dealkylation sites (tertiary alicyclic amines) is 1. The van der Waals surface area contributed by atoms with Gasteiger partial charge in [-0.1, -0.05) is 30.3 Å². The smallest absolute Gasteiger partial charge is 0.295 e. The first-order valence-corrected chi connectivity index (χ1v) is 10.9. The van der Waals surface area contributed by atoms with Crippen LogP contribution >= 0.6 is 0 Å². The molecular formula is C25H28N2O6. The normalized spacial score (nSPS) is 20.8. The Labute approximate surface area is 193 Å². The highest BCUT2D eigenvalue weighted by Gasteiger charge is 2.47. The molecule has 0 saturated carbocycles. The summed E-state index contributed by atoms with van der Waals surface area (Å²) < 4.78 is 16.3. The lowest BCUT2D eigenvalue weighted by molar-refractivity contribution is -0.140. The maximum Gasteiger partial charge on any atom is 0.295 e. The van der Waals surface area contributed by atoms with E-state index in [0.717, 1.165) is 13.1 Å². The zero-order valence-corrected chi connectivity index (χ0v) is 18.8. The second kappa shape index (κ2) is 10.1. The largest absolute Gasteiger partial charge is 0.507 e. The maximum atomic E-state index is 13.2. The lowest BCUT2D eigenvalue weighted by Gasteiger charge is -2.31. The fourth-order valence-electron chi connectivity index (χ4n) is 4.30. The van der Waals surface area contributed by atoms with Crippen LogP contribution in [0, 0.1) is 0 Å². The van der Waals surface area contributed by atoms with E-state index in [1.165, 1.54) is 12.0 Å². The Morgan fingerprint density at radius 3 is 2.42 bits per heavy atom. The summed E-state index contributed by atoms with van der Waals surface area (Å²) in [7, 11) is 3.08. The van der Waals surface area contributed by atoms with Gasteiger partial charge in [-0.15, -0.1) is 0 Å². The number of Topliss-reactive ketones (excluding diaryl/α,β-unsaturated/α-hetero) is 1. The minimum absolute atomic E-state index is 0.0524. The molecule has 2 aromatic rings. The molecule has 1 atom stereocenters. The van der Waals surface area contributed by atoms with Crippen LogP contribution in [0.15, 0.2) is 54.1 Å². The van der Waals surface area contributed by atoms with Crippen LogP contribution in [-0.4, -0.2) is 80.2 Å². The van der Waals surface area contributed by atoms with Gasteiger partial charge < -0.3 is 24.2 Å². The number of amides is 1. The summed E-state index contributed by atoms with van der Waals surface area (Å²) in [5, 5.41) is 11.1. The minimum atomic E-state index is -0.785. The predicted octanol–water partition coefficient (Wildman–Crippen LogP) is 2.46. The number of nitrogens with zero attached hydrogens (tertiary/aromatic N) is 2. The van der Waals surface area contributed by atoms with Gasteiger partial charge in [0.15, 0.2) is 0 Å². The second-order valence-corrected chi connectivity index (χ2v) is 7.92. The van der Waals surface area contributed by atoms with Crippen LogP contribution in [-0.2, 0) is 14.3 Å². The standard InChI is InChI=1S/C25H28N2O6/c1-31-18-8-9-19(20(16-18)32-2)22-21(23(28)17-6-4-3-5-7-17)24(29)25(30)27(22)11-10-26-12-14-33-15-13-26/h3-9,16,22,28H,10-15H2,1-2H3/b23-21-/t22-/m1/s1. The lowest BCUT2D eigenvalue weighted by atomic mass is 9.94. The van der Waals surface area contributed by atoms with Crippen molar-refractivity contribution in [2.45, 2.75) is 6.04 Å². The number of methoxy groups -OCH3 is 2. The Morgan fingerprint density at radius 1 is 1.03 bits per heavy atom. The number of aliphatic hydroxyl groups excluding tert-OH is 1. The van der Waals surface area contributed by atoms with Crippen LogP contribution in [0.5, 0.6) is 11.5 Å². The monoisotopic (exact) mass is 452 g/mol. The molecule has 2 aromatic carbocycles. The number of ketones is 1. The third-order valence-corrected chi connectivity index (χ3v) is 6.08. The number of ether oxygens (including phenoxy) is 3. The molecule has 2 aliphatic rings. The van der Waals surface area contributed by atoms with E-state index in [4.69, 9.17) is 14.2 Å². The summed E-state index contributed by atoms with van der Waals surface area (Å²) in [4.78, 5) is 30.1. The van der Waals surface area contributed by atoms with Crippen molar-refractivity contribution in [1.82, 2.24) is 9.80 Å². The van der Waals surface area contributed by atoms with Crippen molar-refractivity contribution in [3.63, 3.8) is 0 Å². The molecule has 0 spiro atoms. The van der Waals surface area contributed by atoms with Crippen LogP contribution in [0.2, 0.25) is 0 Å². The van der Waals surface area contributed by atoms with Crippen LogP contribution in [0.4, 0.5) is 0 Å².